The van der Waals surface area contributed by atoms with Gasteiger partial charge in [-0.3, -0.25) is 9.48 Å². The molecular formula is C15H20BrN3O2. The van der Waals surface area contributed by atoms with Gasteiger partial charge in [-0.05, 0) is 41.1 Å². The number of aromatic nitrogens is 2. The van der Waals surface area contributed by atoms with Crippen LogP contribution >= 0.6 is 15.9 Å². The maximum Gasteiger partial charge on any atom is 0.325 e. The summed E-state index contributed by atoms with van der Waals surface area (Å²) < 4.78 is 7.80. The van der Waals surface area contributed by atoms with Crippen molar-refractivity contribution >= 4 is 21.9 Å². The fraction of sp³-hybridized carbons (Fsp3) is 0.667. The molecule has 0 amide bonds. The zero-order chi connectivity index (χ0) is 15.2. The molecule has 21 heavy (non-hydrogen) atoms. The van der Waals surface area contributed by atoms with Crippen molar-refractivity contribution in [3.05, 3.63) is 16.9 Å². The van der Waals surface area contributed by atoms with Gasteiger partial charge in [0, 0.05) is 6.20 Å². The van der Waals surface area contributed by atoms with Crippen molar-refractivity contribution in [1.82, 2.24) is 9.78 Å². The zero-order valence-electron chi connectivity index (χ0n) is 12.2. The maximum atomic E-state index is 12.2. The number of carbonyl (C=O) groups excluding carboxylic acids is 1. The predicted molar refractivity (Wildman–Crippen MR) is 81.3 cm³/mol. The van der Waals surface area contributed by atoms with Crippen molar-refractivity contribution in [2.24, 2.45) is 11.8 Å². The van der Waals surface area contributed by atoms with Gasteiger partial charge < -0.3 is 4.74 Å². The topological polar surface area (TPSA) is 67.9 Å². The normalized spacial score (nSPS) is 18.1. The van der Waals surface area contributed by atoms with Crippen LogP contribution in [-0.2, 0) is 9.53 Å². The zero-order valence-corrected chi connectivity index (χ0v) is 13.8. The third-order valence-electron chi connectivity index (χ3n) is 3.94. The quantitative estimate of drug-likeness (QED) is 0.734. The van der Waals surface area contributed by atoms with E-state index in [0.29, 0.717) is 12.5 Å². The summed E-state index contributed by atoms with van der Waals surface area (Å²) in [6.45, 7) is 2.30. The first-order valence-corrected chi connectivity index (χ1v) is 8.22. The highest BCUT2D eigenvalue weighted by atomic mass is 79.9. The molecule has 1 unspecified atom stereocenters. The second kappa shape index (κ2) is 7.60. The summed E-state index contributed by atoms with van der Waals surface area (Å²) in [7, 11) is 0. The lowest BCUT2D eigenvalue weighted by Crippen LogP contribution is -2.32. The molecule has 1 heterocycles. The predicted octanol–water partition coefficient (Wildman–Crippen LogP) is 3.47. The van der Waals surface area contributed by atoms with Gasteiger partial charge in [-0.15, -0.1) is 0 Å². The Morgan fingerprint density at radius 2 is 2.33 bits per heavy atom. The lowest BCUT2D eigenvalue weighted by atomic mass is 9.88. The molecule has 0 spiro atoms. The average Bonchev–Trinajstić information content (AvgIpc) is 3.13. The summed E-state index contributed by atoms with van der Waals surface area (Å²) in [6, 6.07) is 1.90. The number of halogens is 1. The molecule has 0 N–H and O–H groups in total. The Morgan fingerprint density at radius 1 is 1.62 bits per heavy atom. The van der Waals surface area contributed by atoms with Gasteiger partial charge in [0.1, 0.15) is 0 Å². The van der Waals surface area contributed by atoms with Crippen molar-refractivity contribution < 1.29 is 9.53 Å². The molecule has 1 aliphatic carbocycles. The van der Waals surface area contributed by atoms with E-state index in [-0.39, 0.29) is 6.04 Å². The molecule has 1 aromatic rings. The number of nitrogens with zero attached hydrogens (tertiary/aromatic N) is 3. The highest BCUT2D eigenvalue weighted by Gasteiger charge is 2.38. The number of nitriles is 1. The number of hydrogen-bond acceptors (Lipinski definition) is 4. The Morgan fingerprint density at radius 3 is 2.86 bits per heavy atom. The minimum atomic E-state index is -0.800. The summed E-state index contributed by atoms with van der Waals surface area (Å²) in [5, 5.41) is 13.8. The minimum absolute atomic E-state index is 0.242. The summed E-state index contributed by atoms with van der Waals surface area (Å²) in [5.41, 5.74) is 0. The van der Waals surface area contributed by atoms with Gasteiger partial charge in [0.15, 0.2) is 5.92 Å². The van der Waals surface area contributed by atoms with Crippen molar-refractivity contribution in [3.63, 3.8) is 0 Å². The monoisotopic (exact) mass is 353 g/mol. The average molecular weight is 354 g/mol. The Labute approximate surface area is 133 Å². The van der Waals surface area contributed by atoms with Crippen LogP contribution in [0.15, 0.2) is 16.9 Å². The molecule has 0 aliphatic heterocycles. The highest BCUT2D eigenvalue weighted by Crippen LogP contribution is 2.39. The Bertz CT molecular complexity index is 517. The van der Waals surface area contributed by atoms with Gasteiger partial charge in [0.2, 0.25) is 0 Å². The largest absolute Gasteiger partial charge is 0.465 e. The molecule has 1 saturated carbocycles. The molecule has 2 atom stereocenters. The van der Waals surface area contributed by atoms with Gasteiger partial charge in [-0.25, -0.2) is 0 Å². The number of esters is 1. The molecule has 0 bridgehead atoms. The van der Waals surface area contributed by atoms with E-state index < -0.39 is 11.9 Å². The standard InChI is InChI=1S/C15H20BrN3O2/c1-2-7-21-15(20)13(8-17)14(11-5-3-4-6-11)19-10-12(16)9-18-19/h9-11,13-14H,2-7H2,1H3/t13-,14?/m0/s1. The summed E-state index contributed by atoms with van der Waals surface area (Å²) in [4.78, 5) is 12.2. The van der Waals surface area contributed by atoms with Crippen LogP contribution in [0.3, 0.4) is 0 Å². The fourth-order valence-corrected chi connectivity index (χ4v) is 3.28. The van der Waals surface area contributed by atoms with E-state index in [4.69, 9.17) is 4.74 Å². The van der Waals surface area contributed by atoms with Crippen LogP contribution in [-0.4, -0.2) is 22.4 Å². The summed E-state index contributed by atoms with van der Waals surface area (Å²) >= 11 is 3.38. The first-order valence-electron chi connectivity index (χ1n) is 7.43. The van der Waals surface area contributed by atoms with Crippen LogP contribution in [0.5, 0.6) is 0 Å². The fourth-order valence-electron chi connectivity index (χ4n) is 2.98. The maximum absolute atomic E-state index is 12.2. The first kappa shape index (κ1) is 16.0. The summed E-state index contributed by atoms with van der Waals surface area (Å²) in [5.74, 6) is -0.926. The van der Waals surface area contributed by atoms with Gasteiger partial charge in [0.25, 0.3) is 0 Å². The molecule has 1 fully saturated rings. The van der Waals surface area contributed by atoms with Crippen molar-refractivity contribution in [1.29, 1.82) is 5.26 Å². The Kier molecular flexibility index (Phi) is 5.80. The van der Waals surface area contributed by atoms with E-state index in [2.05, 4.69) is 27.1 Å². The third-order valence-corrected chi connectivity index (χ3v) is 4.35. The van der Waals surface area contributed by atoms with Gasteiger partial charge in [0.05, 0.1) is 29.4 Å². The van der Waals surface area contributed by atoms with E-state index in [1.54, 1.807) is 10.9 Å². The highest BCUT2D eigenvalue weighted by molar-refractivity contribution is 9.10. The lowest BCUT2D eigenvalue weighted by molar-refractivity contribution is -0.148. The SMILES string of the molecule is CCCOC(=O)[C@@H](C#N)C(C1CCCC1)n1cc(Br)cn1. The van der Waals surface area contributed by atoms with Crippen LogP contribution in [0.25, 0.3) is 0 Å². The van der Waals surface area contributed by atoms with Crippen molar-refractivity contribution in [2.75, 3.05) is 6.61 Å². The van der Waals surface area contributed by atoms with Crippen LogP contribution in [0.2, 0.25) is 0 Å². The number of carbonyl (C=O) groups is 1. The molecule has 1 aromatic heterocycles. The smallest absolute Gasteiger partial charge is 0.325 e. The van der Waals surface area contributed by atoms with Crippen molar-refractivity contribution in [3.8, 4) is 6.07 Å². The number of rotatable bonds is 6. The molecule has 0 saturated heterocycles. The van der Waals surface area contributed by atoms with E-state index in [9.17, 15) is 10.1 Å². The van der Waals surface area contributed by atoms with Crippen LogP contribution < -0.4 is 0 Å². The van der Waals surface area contributed by atoms with E-state index in [0.717, 1.165) is 36.6 Å². The molecule has 5 nitrogen and oxygen atoms in total. The second-order valence-electron chi connectivity index (χ2n) is 5.45. The van der Waals surface area contributed by atoms with Crippen LogP contribution in [0, 0.1) is 23.2 Å². The van der Waals surface area contributed by atoms with E-state index >= 15 is 0 Å². The molecule has 0 radical (unpaired) electrons. The Balaban J connectivity index is 2.24. The second-order valence-corrected chi connectivity index (χ2v) is 6.36. The molecule has 2 rings (SSSR count). The van der Waals surface area contributed by atoms with E-state index in [1.165, 1.54) is 0 Å². The first-order chi connectivity index (χ1) is 10.2. The van der Waals surface area contributed by atoms with Crippen LogP contribution in [0.1, 0.15) is 45.1 Å². The molecular weight excluding hydrogens is 334 g/mol. The molecule has 114 valence electrons. The molecule has 0 aromatic carbocycles. The van der Waals surface area contributed by atoms with Crippen LogP contribution in [0.4, 0.5) is 0 Å². The Hall–Kier alpha value is -1.35. The van der Waals surface area contributed by atoms with Crippen molar-refractivity contribution in [2.45, 2.75) is 45.1 Å². The lowest BCUT2D eigenvalue weighted by Gasteiger charge is -2.26. The van der Waals surface area contributed by atoms with Gasteiger partial charge >= 0.3 is 5.97 Å². The van der Waals surface area contributed by atoms with Gasteiger partial charge in [-0.1, -0.05) is 19.8 Å². The molecule has 1 aliphatic rings. The summed E-state index contributed by atoms with van der Waals surface area (Å²) in [6.07, 6.45) is 8.62. The number of ether oxygens (including phenoxy) is 1. The van der Waals surface area contributed by atoms with E-state index in [1.807, 2.05) is 13.1 Å². The third kappa shape index (κ3) is 3.85. The van der Waals surface area contributed by atoms with Gasteiger partial charge in [-0.2, -0.15) is 10.4 Å². The molecule has 6 heteroatoms. The number of hydrogen-bond donors (Lipinski definition) is 0. The minimum Gasteiger partial charge on any atom is -0.465 e.